The van der Waals surface area contributed by atoms with Crippen LogP contribution >= 0.6 is 35.3 Å². The van der Waals surface area contributed by atoms with Gasteiger partial charge in [0.15, 0.2) is 5.96 Å². The summed E-state index contributed by atoms with van der Waals surface area (Å²) < 4.78 is 0. The lowest BCUT2D eigenvalue weighted by molar-refractivity contribution is 0.264. The molecule has 1 atom stereocenters. The van der Waals surface area contributed by atoms with E-state index in [1.807, 2.05) is 13.2 Å². The molecule has 22 heavy (non-hydrogen) atoms. The highest BCUT2D eigenvalue weighted by atomic mass is 127. The highest BCUT2D eigenvalue weighted by molar-refractivity contribution is 14.0. The second-order valence-electron chi connectivity index (χ2n) is 5.75. The standard InChI is InChI=1S/C15H27N5S.HI/c1-5-12-8-17-14(21-12)10-19-15(16-2)18-9-13(20(3)4)11-6-7-11;/h8,11,13H,5-7,9-10H2,1-4H3,(H2,16,18,19);1H. The first-order valence-corrected chi connectivity index (χ1v) is 8.50. The minimum absolute atomic E-state index is 0. The average Bonchev–Trinajstić information content (AvgIpc) is 3.20. The number of halogens is 1. The van der Waals surface area contributed by atoms with Gasteiger partial charge in [0.25, 0.3) is 0 Å². The van der Waals surface area contributed by atoms with Crippen molar-refractivity contribution in [2.45, 2.75) is 38.8 Å². The Morgan fingerprint density at radius 1 is 1.45 bits per heavy atom. The summed E-state index contributed by atoms with van der Waals surface area (Å²) in [5.41, 5.74) is 0. The van der Waals surface area contributed by atoms with Crippen LogP contribution in [0.4, 0.5) is 0 Å². The summed E-state index contributed by atoms with van der Waals surface area (Å²) in [6.45, 7) is 3.83. The third kappa shape index (κ3) is 6.00. The van der Waals surface area contributed by atoms with E-state index >= 15 is 0 Å². The van der Waals surface area contributed by atoms with Crippen LogP contribution in [0.1, 0.15) is 29.7 Å². The van der Waals surface area contributed by atoms with Crippen molar-refractivity contribution >= 4 is 41.3 Å². The number of likely N-dealkylation sites (N-methyl/N-ethyl adjacent to an activating group) is 1. The molecule has 1 fully saturated rings. The zero-order valence-corrected chi connectivity index (χ0v) is 17.1. The maximum absolute atomic E-state index is 4.42. The SMILES string of the molecule is CCc1cnc(CNC(=NC)NCC(C2CC2)N(C)C)s1.I. The van der Waals surface area contributed by atoms with Gasteiger partial charge in [-0.25, -0.2) is 4.98 Å². The van der Waals surface area contributed by atoms with Crippen LogP contribution in [-0.4, -0.2) is 49.6 Å². The zero-order chi connectivity index (χ0) is 15.2. The Kier molecular flexibility index (Phi) is 8.63. The van der Waals surface area contributed by atoms with Crippen molar-refractivity contribution in [2.24, 2.45) is 10.9 Å². The van der Waals surface area contributed by atoms with Crippen molar-refractivity contribution in [1.29, 1.82) is 0 Å². The molecule has 0 spiro atoms. The summed E-state index contributed by atoms with van der Waals surface area (Å²) in [6.07, 6.45) is 5.73. The molecule has 2 N–H and O–H groups in total. The number of guanidine groups is 1. The van der Waals surface area contributed by atoms with E-state index in [1.54, 1.807) is 11.3 Å². The summed E-state index contributed by atoms with van der Waals surface area (Å²) in [5, 5.41) is 7.89. The Morgan fingerprint density at radius 3 is 2.68 bits per heavy atom. The van der Waals surface area contributed by atoms with E-state index < -0.39 is 0 Å². The van der Waals surface area contributed by atoms with Crippen LogP contribution in [0.3, 0.4) is 0 Å². The maximum Gasteiger partial charge on any atom is 0.191 e. The first-order chi connectivity index (χ1) is 10.1. The van der Waals surface area contributed by atoms with Gasteiger partial charge in [-0.3, -0.25) is 4.99 Å². The fourth-order valence-electron chi connectivity index (χ4n) is 2.43. The second-order valence-corrected chi connectivity index (χ2v) is 6.95. The quantitative estimate of drug-likeness (QED) is 0.391. The number of aliphatic imine (C=N–C) groups is 1. The summed E-state index contributed by atoms with van der Waals surface area (Å²) in [4.78, 5) is 12.4. The van der Waals surface area contributed by atoms with Gasteiger partial charge in [0.1, 0.15) is 5.01 Å². The maximum atomic E-state index is 4.42. The van der Waals surface area contributed by atoms with E-state index in [9.17, 15) is 0 Å². The van der Waals surface area contributed by atoms with Gasteiger partial charge < -0.3 is 15.5 Å². The molecule has 1 aromatic heterocycles. The van der Waals surface area contributed by atoms with Crippen LogP contribution in [0, 0.1) is 5.92 Å². The van der Waals surface area contributed by atoms with Gasteiger partial charge in [0.05, 0.1) is 6.54 Å². The molecular weight excluding hydrogens is 409 g/mol. The van der Waals surface area contributed by atoms with E-state index in [0.29, 0.717) is 6.04 Å². The minimum atomic E-state index is 0. The van der Waals surface area contributed by atoms with Crippen molar-refractivity contribution < 1.29 is 0 Å². The van der Waals surface area contributed by atoms with Gasteiger partial charge >= 0.3 is 0 Å². The topological polar surface area (TPSA) is 52.6 Å². The van der Waals surface area contributed by atoms with Crippen LogP contribution in [0.5, 0.6) is 0 Å². The highest BCUT2D eigenvalue weighted by Gasteiger charge is 2.32. The van der Waals surface area contributed by atoms with Crippen molar-refractivity contribution in [3.8, 4) is 0 Å². The molecule has 1 aromatic rings. The molecule has 1 saturated carbocycles. The first kappa shape index (κ1) is 19.6. The highest BCUT2D eigenvalue weighted by Crippen LogP contribution is 2.34. The van der Waals surface area contributed by atoms with Crippen molar-refractivity contribution in [3.05, 3.63) is 16.1 Å². The van der Waals surface area contributed by atoms with Gasteiger partial charge in [-0.15, -0.1) is 35.3 Å². The lowest BCUT2D eigenvalue weighted by Crippen LogP contribution is -2.45. The lowest BCUT2D eigenvalue weighted by atomic mass is 10.1. The fraction of sp³-hybridized carbons (Fsp3) is 0.733. The molecule has 1 unspecified atom stereocenters. The Bertz CT molecular complexity index is 468. The molecule has 7 heteroatoms. The van der Waals surface area contributed by atoms with Gasteiger partial charge in [0, 0.05) is 30.7 Å². The molecular formula is C15H28IN5S. The number of hydrogen-bond donors (Lipinski definition) is 2. The Morgan fingerprint density at radius 2 is 2.18 bits per heavy atom. The summed E-state index contributed by atoms with van der Waals surface area (Å²) in [6, 6.07) is 0.593. The van der Waals surface area contributed by atoms with Gasteiger partial charge in [-0.05, 0) is 39.3 Å². The number of hydrogen-bond acceptors (Lipinski definition) is 4. The minimum Gasteiger partial charge on any atom is -0.355 e. The molecule has 0 amide bonds. The van der Waals surface area contributed by atoms with Crippen LogP contribution < -0.4 is 10.6 Å². The number of nitrogens with zero attached hydrogens (tertiary/aromatic N) is 3. The lowest BCUT2D eigenvalue weighted by Gasteiger charge is -2.25. The van der Waals surface area contributed by atoms with Crippen molar-refractivity contribution in [1.82, 2.24) is 20.5 Å². The number of rotatable bonds is 7. The average molecular weight is 437 g/mol. The molecule has 5 nitrogen and oxygen atoms in total. The van der Waals surface area contributed by atoms with Crippen LogP contribution in [0.15, 0.2) is 11.2 Å². The van der Waals surface area contributed by atoms with E-state index in [0.717, 1.165) is 36.4 Å². The number of nitrogens with one attached hydrogen (secondary N) is 2. The third-order valence-electron chi connectivity index (χ3n) is 3.89. The third-order valence-corrected chi connectivity index (χ3v) is 5.03. The molecule has 0 bridgehead atoms. The van der Waals surface area contributed by atoms with Crippen molar-refractivity contribution in [3.63, 3.8) is 0 Å². The smallest absolute Gasteiger partial charge is 0.191 e. The number of thiazole rings is 1. The van der Waals surface area contributed by atoms with Gasteiger partial charge in [-0.2, -0.15) is 0 Å². The largest absolute Gasteiger partial charge is 0.355 e. The van der Waals surface area contributed by atoms with Crippen LogP contribution in [0.25, 0.3) is 0 Å². The number of aryl methyl sites for hydroxylation is 1. The van der Waals surface area contributed by atoms with E-state index in [4.69, 9.17) is 0 Å². The molecule has 1 heterocycles. The van der Waals surface area contributed by atoms with Crippen LogP contribution in [0.2, 0.25) is 0 Å². The Balaban J connectivity index is 0.00000242. The predicted molar refractivity (Wildman–Crippen MR) is 105 cm³/mol. The van der Waals surface area contributed by atoms with Gasteiger partial charge in [0.2, 0.25) is 0 Å². The van der Waals surface area contributed by atoms with E-state index in [2.05, 4.69) is 46.5 Å². The predicted octanol–water partition coefficient (Wildman–Crippen LogP) is 2.33. The zero-order valence-electron chi connectivity index (χ0n) is 13.9. The normalized spacial score (nSPS) is 16.3. The number of aromatic nitrogens is 1. The molecule has 2 rings (SSSR count). The molecule has 1 aliphatic rings. The van der Waals surface area contributed by atoms with E-state index in [-0.39, 0.29) is 24.0 Å². The molecule has 1 aliphatic carbocycles. The first-order valence-electron chi connectivity index (χ1n) is 7.68. The molecule has 0 saturated heterocycles. The fourth-order valence-corrected chi connectivity index (χ4v) is 3.23. The Hall–Kier alpha value is -0.410. The molecule has 0 aliphatic heterocycles. The van der Waals surface area contributed by atoms with Gasteiger partial charge in [-0.1, -0.05) is 6.92 Å². The molecule has 0 radical (unpaired) electrons. The summed E-state index contributed by atoms with van der Waals surface area (Å²) in [5.74, 6) is 1.70. The van der Waals surface area contributed by atoms with Crippen molar-refractivity contribution in [2.75, 3.05) is 27.7 Å². The molecule has 126 valence electrons. The Labute approximate surface area is 155 Å². The monoisotopic (exact) mass is 437 g/mol. The molecule has 0 aromatic carbocycles. The summed E-state index contributed by atoms with van der Waals surface area (Å²) >= 11 is 1.76. The van der Waals surface area contributed by atoms with Crippen LogP contribution in [-0.2, 0) is 13.0 Å². The summed E-state index contributed by atoms with van der Waals surface area (Å²) in [7, 11) is 6.13. The van der Waals surface area contributed by atoms with E-state index in [1.165, 1.54) is 17.7 Å². The second kappa shape index (κ2) is 9.67.